The molecule has 3 heteroatoms. The molecule has 0 atom stereocenters. The van der Waals surface area contributed by atoms with Gasteiger partial charge in [-0.25, -0.2) is 4.79 Å². The normalized spacial score (nSPS) is 11.9. The largest absolute Gasteiger partial charge is 0.462 e. The molecule has 0 radical (unpaired) electrons. The number of ether oxygens (including phenoxy) is 1. The lowest BCUT2D eigenvalue weighted by Gasteiger charge is -2.04. The molecule has 82 valence electrons. The minimum atomic E-state index is -0.279. The maximum atomic E-state index is 11.3. The molecule has 0 aliphatic rings. The van der Waals surface area contributed by atoms with Crippen molar-refractivity contribution < 1.29 is 14.6 Å². The third kappa shape index (κ3) is 6.66. The van der Waals surface area contributed by atoms with E-state index in [0.29, 0.717) is 24.5 Å². The summed E-state index contributed by atoms with van der Waals surface area (Å²) in [6, 6.07) is 0. The van der Waals surface area contributed by atoms with Crippen LogP contribution in [-0.4, -0.2) is 24.3 Å². The van der Waals surface area contributed by atoms with Gasteiger partial charge in [-0.3, -0.25) is 0 Å². The number of carbonyl (C=O) groups excluding carboxylic acids is 1. The third-order valence-corrected chi connectivity index (χ3v) is 1.75. The second-order valence-corrected chi connectivity index (χ2v) is 3.73. The Hall–Kier alpha value is -0.830. The maximum absolute atomic E-state index is 11.3. The standard InChI is InChI=1S/C11H20O3/c1-9(2)5-6-10(3)11(13)14-8-4-7-12/h6,9,12H,4-5,7-8H2,1-3H3. The smallest absolute Gasteiger partial charge is 0.333 e. The van der Waals surface area contributed by atoms with E-state index in [9.17, 15) is 4.79 Å². The van der Waals surface area contributed by atoms with Gasteiger partial charge in [0.25, 0.3) is 0 Å². The second-order valence-electron chi connectivity index (χ2n) is 3.73. The van der Waals surface area contributed by atoms with E-state index >= 15 is 0 Å². The van der Waals surface area contributed by atoms with E-state index in [2.05, 4.69) is 13.8 Å². The van der Waals surface area contributed by atoms with Crippen LogP contribution in [0.3, 0.4) is 0 Å². The summed E-state index contributed by atoms with van der Waals surface area (Å²) >= 11 is 0. The molecule has 0 unspecified atom stereocenters. The average molecular weight is 200 g/mol. The summed E-state index contributed by atoms with van der Waals surface area (Å²) in [6.07, 6.45) is 3.29. The molecule has 0 saturated heterocycles. The zero-order valence-corrected chi connectivity index (χ0v) is 9.25. The van der Waals surface area contributed by atoms with Crippen molar-refractivity contribution in [1.82, 2.24) is 0 Å². The number of hydrogen-bond donors (Lipinski definition) is 1. The number of esters is 1. The first kappa shape index (κ1) is 13.2. The molecule has 0 aromatic heterocycles. The minimum Gasteiger partial charge on any atom is -0.462 e. The fourth-order valence-electron chi connectivity index (χ4n) is 0.839. The molecule has 0 rings (SSSR count). The molecule has 0 aliphatic heterocycles. The predicted molar refractivity (Wildman–Crippen MR) is 55.9 cm³/mol. The lowest BCUT2D eigenvalue weighted by Crippen LogP contribution is -2.08. The Balaban J connectivity index is 3.80. The number of carbonyl (C=O) groups is 1. The molecular weight excluding hydrogens is 180 g/mol. The highest BCUT2D eigenvalue weighted by molar-refractivity contribution is 5.87. The molecule has 0 bridgehead atoms. The predicted octanol–water partition coefficient (Wildman–Crippen LogP) is 1.90. The first-order valence-corrected chi connectivity index (χ1v) is 5.02. The van der Waals surface area contributed by atoms with E-state index in [4.69, 9.17) is 9.84 Å². The summed E-state index contributed by atoms with van der Waals surface area (Å²) < 4.78 is 4.91. The lowest BCUT2D eigenvalue weighted by atomic mass is 10.1. The summed E-state index contributed by atoms with van der Waals surface area (Å²) in [6.45, 7) is 6.30. The molecule has 0 spiro atoms. The van der Waals surface area contributed by atoms with E-state index in [-0.39, 0.29) is 12.6 Å². The van der Waals surface area contributed by atoms with Crippen molar-refractivity contribution in [3.63, 3.8) is 0 Å². The zero-order valence-electron chi connectivity index (χ0n) is 9.25. The number of hydrogen-bond acceptors (Lipinski definition) is 3. The second kappa shape index (κ2) is 7.56. The Morgan fingerprint density at radius 1 is 1.50 bits per heavy atom. The lowest BCUT2D eigenvalue weighted by molar-refractivity contribution is -0.139. The van der Waals surface area contributed by atoms with Crippen LogP contribution in [0.1, 0.15) is 33.6 Å². The molecule has 0 aliphatic carbocycles. The summed E-state index contributed by atoms with van der Waals surface area (Å²) in [7, 11) is 0. The summed E-state index contributed by atoms with van der Waals surface area (Å²) in [4.78, 5) is 11.3. The molecule has 0 saturated carbocycles. The molecule has 0 aromatic carbocycles. The fourth-order valence-corrected chi connectivity index (χ4v) is 0.839. The minimum absolute atomic E-state index is 0.0576. The first-order valence-electron chi connectivity index (χ1n) is 5.02. The average Bonchev–Trinajstić information content (AvgIpc) is 2.14. The van der Waals surface area contributed by atoms with Gasteiger partial charge in [-0.2, -0.15) is 0 Å². The Bertz CT molecular complexity index is 195. The summed E-state index contributed by atoms with van der Waals surface area (Å²) in [5, 5.41) is 8.49. The van der Waals surface area contributed by atoms with Gasteiger partial charge in [0.05, 0.1) is 6.61 Å². The number of rotatable bonds is 6. The van der Waals surface area contributed by atoms with Crippen LogP contribution in [0.2, 0.25) is 0 Å². The highest BCUT2D eigenvalue weighted by Crippen LogP contribution is 2.05. The maximum Gasteiger partial charge on any atom is 0.333 e. The van der Waals surface area contributed by atoms with Crippen LogP contribution in [0.5, 0.6) is 0 Å². The molecule has 1 N–H and O–H groups in total. The first-order chi connectivity index (χ1) is 6.57. The van der Waals surface area contributed by atoms with Crippen molar-refractivity contribution >= 4 is 5.97 Å². The highest BCUT2D eigenvalue weighted by Gasteiger charge is 2.04. The molecule has 0 amide bonds. The van der Waals surface area contributed by atoms with E-state index in [1.54, 1.807) is 6.92 Å². The SMILES string of the molecule is CC(=CCC(C)C)C(=O)OCCCO. The van der Waals surface area contributed by atoms with Crippen LogP contribution in [-0.2, 0) is 9.53 Å². The Labute approximate surface area is 85.8 Å². The van der Waals surface area contributed by atoms with Crippen LogP contribution in [0.4, 0.5) is 0 Å². The fraction of sp³-hybridized carbons (Fsp3) is 0.727. The van der Waals surface area contributed by atoms with Gasteiger partial charge >= 0.3 is 5.97 Å². The van der Waals surface area contributed by atoms with Crippen molar-refractivity contribution in [2.45, 2.75) is 33.6 Å². The van der Waals surface area contributed by atoms with E-state index < -0.39 is 0 Å². The van der Waals surface area contributed by atoms with Gasteiger partial charge in [0.2, 0.25) is 0 Å². The van der Waals surface area contributed by atoms with E-state index in [1.165, 1.54) is 0 Å². The van der Waals surface area contributed by atoms with Crippen LogP contribution in [0.25, 0.3) is 0 Å². The Morgan fingerprint density at radius 3 is 2.64 bits per heavy atom. The third-order valence-electron chi connectivity index (χ3n) is 1.75. The number of aliphatic hydroxyl groups is 1. The topological polar surface area (TPSA) is 46.5 Å². The van der Waals surface area contributed by atoms with Gasteiger partial charge in [-0.05, 0) is 19.3 Å². The van der Waals surface area contributed by atoms with Crippen molar-refractivity contribution in [2.24, 2.45) is 5.92 Å². The van der Waals surface area contributed by atoms with Crippen LogP contribution < -0.4 is 0 Å². The Morgan fingerprint density at radius 2 is 2.14 bits per heavy atom. The molecule has 0 aromatic rings. The van der Waals surface area contributed by atoms with E-state index in [1.807, 2.05) is 6.08 Å². The van der Waals surface area contributed by atoms with Gasteiger partial charge in [0, 0.05) is 18.6 Å². The van der Waals surface area contributed by atoms with Crippen molar-refractivity contribution in [3.8, 4) is 0 Å². The Kier molecular flexibility index (Phi) is 7.11. The quantitative estimate of drug-likeness (QED) is 0.404. The van der Waals surface area contributed by atoms with Crippen molar-refractivity contribution in [2.75, 3.05) is 13.2 Å². The highest BCUT2D eigenvalue weighted by atomic mass is 16.5. The number of allylic oxidation sites excluding steroid dienone is 1. The van der Waals surface area contributed by atoms with Crippen LogP contribution in [0, 0.1) is 5.92 Å². The van der Waals surface area contributed by atoms with Gasteiger partial charge in [-0.15, -0.1) is 0 Å². The van der Waals surface area contributed by atoms with Crippen molar-refractivity contribution in [1.29, 1.82) is 0 Å². The van der Waals surface area contributed by atoms with Crippen molar-refractivity contribution in [3.05, 3.63) is 11.6 Å². The molecule has 0 fully saturated rings. The summed E-state index contributed by atoms with van der Waals surface area (Å²) in [5.74, 6) is 0.272. The molecule has 14 heavy (non-hydrogen) atoms. The van der Waals surface area contributed by atoms with Crippen LogP contribution >= 0.6 is 0 Å². The summed E-state index contributed by atoms with van der Waals surface area (Å²) in [5.41, 5.74) is 0.650. The van der Waals surface area contributed by atoms with Gasteiger partial charge in [0.1, 0.15) is 0 Å². The van der Waals surface area contributed by atoms with Gasteiger partial charge in [0.15, 0.2) is 0 Å². The van der Waals surface area contributed by atoms with Crippen LogP contribution in [0.15, 0.2) is 11.6 Å². The molecule has 0 heterocycles. The zero-order chi connectivity index (χ0) is 11.0. The monoisotopic (exact) mass is 200 g/mol. The molecule has 3 nitrogen and oxygen atoms in total. The molecular formula is C11H20O3. The van der Waals surface area contributed by atoms with Gasteiger partial charge in [-0.1, -0.05) is 19.9 Å². The van der Waals surface area contributed by atoms with E-state index in [0.717, 1.165) is 6.42 Å². The van der Waals surface area contributed by atoms with Gasteiger partial charge < -0.3 is 9.84 Å². The number of aliphatic hydroxyl groups excluding tert-OH is 1.